The standard InChI is InChI=1S/C15H21NOS/c1-2-13-10-12(4-6-15(13)18-9-1)3-5-14-11-16-7-8-17-14/h4,6,10,14,16H,1-3,5,7-9,11H2. The zero-order chi connectivity index (χ0) is 12.2. The molecule has 18 heavy (non-hydrogen) atoms. The van der Waals surface area contributed by atoms with Crippen molar-refractivity contribution in [2.24, 2.45) is 0 Å². The van der Waals surface area contributed by atoms with Crippen LogP contribution in [0.15, 0.2) is 23.1 Å². The lowest BCUT2D eigenvalue weighted by Crippen LogP contribution is -2.38. The van der Waals surface area contributed by atoms with Crippen molar-refractivity contribution in [2.45, 2.75) is 36.7 Å². The first-order valence-corrected chi connectivity index (χ1v) is 7.97. The number of nitrogens with one attached hydrogen (secondary N) is 1. The van der Waals surface area contributed by atoms with E-state index in [1.54, 1.807) is 5.56 Å². The third-order valence-corrected chi connectivity index (χ3v) is 4.93. The average molecular weight is 263 g/mol. The van der Waals surface area contributed by atoms with Crippen LogP contribution in [0.3, 0.4) is 0 Å². The molecule has 0 aliphatic carbocycles. The number of thioether (sulfide) groups is 1. The molecule has 0 aromatic heterocycles. The highest BCUT2D eigenvalue weighted by Gasteiger charge is 2.14. The van der Waals surface area contributed by atoms with Gasteiger partial charge in [-0.25, -0.2) is 0 Å². The van der Waals surface area contributed by atoms with Gasteiger partial charge in [-0.1, -0.05) is 12.1 Å². The van der Waals surface area contributed by atoms with Crippen molar-refractivity contribution in [1.29, 1.82) is 0 Å². The van der Waals surface area contributed by atoms with Crippen molar-refractivity contribution in [3.63, 3.8) is 0 Å². The van der Waals surface area contributed by atoms with Gasteiger partial charge < -0.3 is 10.1 Å². The van der Waals surface area contributed by atoms with E-state index in [9.17, 15) is 0 Å². The first kappa shape index (κ1) is 12.5. The number of aryl methyl sites for hydroxylation is 2. The quantitative estimate of drug-likeness (QED) is 0.906. The van der Waals surface area contributed by atoms with Crippen molar-refractivity contribution >= 4 is 11.8 Å². The second-order valence-electron chi connectivity index (χ2n) is 5.13. The molecule has 2 aliphatic rings. The lowest BCUT2D eigenvalue weighted by molar-refractivity contribution is 0.0238. The molecule has 2 nitrogen and oxygen atoms in total. The summed E-state index contributed by atoms with van der Waals surface area (Å²) in [6, 6.07) is 7.03. The smallest absolute Gasteiger partial charge is 0.0703 e. The minimum atomic E-state index is 0.407. The van der Waals surface area contributed by atoms with Crippen LogP contribution in [0.5, 0.6) is 0 Å². The van der Waals surface area contributed by atoms with E-state index in [0.29, 0.717) is 6.10 Å². The summed E-state index contributed by atoms with van der Waals surface area (Å²) in [7, 11) is 0. The lowest BCUT2D eigenvalue weighted by atomic mass is 10.0. The first-order valence-electron chi connectivity index (χ1n) is 6.99. The van der Waals surface area contributed by atoms with E-state index in [2.05, 4.69) is 23.5 Å². The number of hydrogen-bond acceptors (Lipinski definition) is 3. The van der Waals surface area contributed by atoms with Crippen molar-refractivity contribution in [2.75, 3.05) is 25.4 Å². The molecular weight excluding hydrogens is 242 g/mol. The van der Waals surface area contributed by atoms with Gasteiger partial charge >= 0.3 is 0 Å². The number of hydrogen-bond donors (Lipinski definition) is 1. The van der Waals surface area contributed by atoms with Crippen LogP contribution >= 0.6 is 11.8 Å². The van der Waals surface area contributed by atoms with Crippen molar-refractivity contribution in [3.05, 3.63) is 29.3 Å². The molecule has 0 bridgehead atoms. The molecule has 1 fully saturated rings. The summed E-state index contributed by atoms with van der Waals surface area (Å²) in [4.78, 5) is 1.50. The third-order valence-electron chi connectivity index (χ3n) is 3.73. The molecule has 1 aromatic rings. The van der Waals surface area contributed by atoms with E-state index >= 15 is 0 Å². The summed E-state index contributed by atoms with van der Waals surface area (Å²) in [5, 5.41) is 3.39. The summed E-state index contributed by atoms with van der Waals surface area (Å²) in [5.41, 5.74) is 3.04. The Kier molecular flexibility index (Phi) is 4.24. The fraction of sp³-hybridized carbons (Fsp3) is 0.600. The van der Waals surface area contributed by atoms with E-state index in [1.165, 1.54) is 29.1 Å². The van der Waals surface area contributed by atoms with E-state index in [0.717, 1.165) is 32.5 Å². The molecule has 1 atom stereocenters. The molecule has 2 aliphatic heterocycles. The molecule has 1 saturated heterocycles. The number of fused-ring (bicyclic) bond motifs is 1. The molecule has 1 N–H and O–H groups in total. The number of benzene rings is 1. The Morgan fingerprint density at radius 1 is 1.39 bits per heavy atom. The van der Waals surface area contributed by atoms with Gasteiger partial charge in [-0.15, -0.1) is 11.8 Å². The van der Waals surface area contributed by atoms with E-state index < -0.39 is 0 Å². The maximum absolute atomic E-state index is 5.75. The SMILES string of the molecule is c1cc2c(cc1CCC1CNCCO1)CCCS2. The van der Waals surface area contributed by atoms with Crippen molar-refractivity contribution < 1.29 is 4.74 Å². The van der Waals surface area contributed by atoms with Gasteiger partial charge in [0.05, 0.1) is 12.7 Å². The minimum absolute atomic E-state index is 0.407. The highest BCUT2D eigenvalue weighted by Crippen LogP contribution is 2.30. The Hall–Kier alpha value is -0.510. The van der Waals surface area contributed by atoms with Gasteiger partial charge in [0, 0.05) is 18.0 Å². The first-order chi connectivity index (χ1) is 8.92. The Balaban J connectivity index is 1.58. The average Bonchev–Trinajstić information content (AvgIpc) is 2.46. The molecule has 0 saturated carbocycles. The minimum Gasteiger partial charge on any atom is -0.376 e. The van der Waals surface area contributed by atoms with Gasteiger partial charge in [0.1, 0.15) is 0 Å². The second kappa shape index (κ2) is 6.09. The van der Waals surface area contributed by atoms with Crippen molar-refractivity contribution in [1.82, 2.24) is 5.32 Å². The highest BCUT2D eigenvalue weighted by molar-refractivity contribution is 7.99. The fourth-order valence-electron chi connectivity index (χ4n) is 2.70. The van der Waals surface area contributed by atoms with Crippen LogP contribution in [-0.4, -0.2) is 31.6 Å². The number of morpholine rings is 1. The molecule has 2 heterocycles. The van der Waals surface area contributed by atoms with Gasteiger partial charge in [-0.05, 0) is 48.6 Å². The summed E-state index contributed by atoms with van der Waals surface area (Å²) in [5.74, 6) is 1.29. The normalized spacial score (nSPS) is 23.7. The summed E-state index contributed by atoms with van der Waals surface area (Å²) >= 11 is 2.01. The molecule has 3 heteroatoms. The van der Waals surface area contributed by atoms with Gasteiger partial charge in [-0.2, -0.15) is 0 Å². The van der Waals surface area contributed by atoms with Crippen molar-refractivity contribution in [3.8, 4) is 0 Å². The fourth-order valence-corrected chi connectivity index (χ4v) is 3.72. The van der Waals surface area contributed by atoms with Gasteiger partial charge in [0.15, 0.2) is 0 Å². The molecule has 1 unspecified atom stereocenters. The molecule has 0 spiro atoms. The lowest BCUT2D eigenvalue weighted by Gasteiger charge is -2.23. The summed E-state index contributed by atoms with van der Waals surface area (Å²) < 4.78 is 5.75. The summed E-state index contributed by atoms with van der Waals surface area (Å²) in [6.07, 6.45) is 5.28. The predicted molar refractivity (Wildman–Crippen MR) is 76.4 cm³/mol. The zero-order valence-corrected chi connectivity index (χ0v) is 11.6. The van der Waals surface area contributed by atoms with Gasteiger partial charge in [-0.3, -0.25) is 0 Å². The van der Waals surface area contributed by atoms with Crippen LogP contribution in [0.25, 0.3) is 0 Å². The molecule has 98 valence electrons. The van der Waals surface area contributed by atoms with E-state index in [-0.39, 0.29) is 0 Å². The molecule has 0 amide bonds. The number of rotatable bonds is 3. The van der Waals surface area contributed by atoms with Gasteiger partial charge in [0.25, 0.3) is 0 Å². The topological polar surface area (TPSA) is 21.3 Å². The Morgan fingerprint density at radius 3 is 3.28 bits per heavy atom. The van der Waals surface area contributed by atoms with Crippen LogP contribution in [0.1, 0.15) is 24.0 Å². The highest BCUT2D eigenvalue weighted by atomic mass is 32.2. The maximum atomic E-state index is 5.75. The number of ether oxygens (including phenoxy) is 1. The van der Waals surface area contributed by atoms with Crippen LogP contribution in [0, 0.1) is 0 Å². The monoisotopic (exact) mass is 263 g/mol. The zero-order valence-electron chi connectivity index (χ0n) is 10.8. The third kappa shape index (κ3) is 3.08. The van der Waals surface area contributed by atoms with Crippen LogP contribution in [0.4, 0.5) is 0 Å². The molecular formula is C15H21NOS. The second-order valence-corrected chi connectivity index (χ2v) is 6.27. The Morgan fingerprint density at radius 2 is 2.39 bits per heavy atom. The largest absolute Gasteiger partial charge is 0.376 e. The molecule has 3 rings (SSSR count). The molecule has 0 radical (unpaired) electrons. The Bertz CT molecular complexity index is 401. The van der Waals surface area contributed by atoms with Gasteiger partial charge in [0.2, 0.25) is 0 Å². The van der Waals surface area contributed by atoms with E-state index in [4.69, 9.17) is 4.74 Å². The van der Waals surface area contributed by atoms with Crippen LogP contribution in [-0.2, 0) is 17.6 Å². The summed E-state index contributed by atoms with van der Waals surface area (Å²) in [6.45, 7) is 2.89. The predicted octanol–water partition coefficient (Wildman–Crippen LogP) is 2.65. The Labute approximate surface area is 113 Å². The van der Waals surface area contributed by atoms with Crippen LogP contribution < -0.4 is 5.32 Å². The maximum Gasteiger partial charge on any atom is 0.0703 e. The van der Waals surface area contributed by atoms with E-state index in [1.807, 2.05) is 11.8 Å². The van der Waals surface area contributed by atoms with Crippen LogP contribution in [0.2, 0.25) is 0 Å². The molecule has 1 aromatic carbocycles.